The summed E-state index contributed by atoms with van der Waals surface area (Å²) in [5, 5.41) is 1.97. The molecule has 0 saturated carbocycles. The number of benzene rings is 1. The van der Waals surface area contributed by atoms with Gasteiger partial charge >= 0.3 is 5.91 Å². The van der Waals surface area contributed by atoms with Crippen molar-refractivity contribution in [2.75, 3.05) is 0 Å². The van der Waals surface area contributed by atoms with Gasteiger partial charge in [0, 0.05) is 6.04 Å². The molecule has 0 spiro atoms. The van der Waals surface area contributed by atoms with Crippen LogP contribution in [0.25, 0.3) is 6.08 Å². The van der Waals surface area contributed by atoms with Gasteiger partial charge < -0.3 is 0 Å². The van der Waals surface area contributed by atoms with Crippen LogP contribution in [0.15, 0.2) is 36.4 Å². The van der Waals surface area contributed by atoms with E-state index >= 15 is 0 Å². The molecule has 0 atom stereocenters. The lowest BCUT2D eigenvalue weighted by Gasteiger charge is -1.92. The first-order chi connectivity index (χ1) is 7.24. The third kappa shape index (κ3) is 3.49. The standard InChI is InChI=1S/C12H9NO2/c1-2-13-12(15)11(14)9-8-10-6-4-3-5-7-10/h1,3-9H,(H,13,15). The number of carbonyl (C=O) groups is 2. The minimum absolute atomic E-state index is 0.670. The molecule has 1 amide bonds. The number of rotatable bonds is 3. The highest BCUT2D eigenvalue weighted by Gasteiger charge is 2.06. The van der Waals surface area contributed by atoms with Gasteiger partial charge in [-0.15, -0.1) is 0 Å². The Bertz CT molecular complexity index is 427. The topological polar surface area (TPSA) is 46.2 Å². The molecule has 0 saturated heterocycles. The fourth-order valence-electron chi connectivity index (χ4n) is 0.939. The molecular weight excluding hydrogens is 190 g/mol. The van der Waals surface area contributed by atoms with Crippen LogP contribution in [0, 0.1) is 12.5 Å². The third-order valence-corrected chi connectivity index (χ3v) is 1.64. The van der Waals surface area contributed by atoms with Crippen LogP contribution in [0.4, 0.5) is 0 Å². The lowest BCUT2D eigenvalue weighted by atomic mass is 10.2. The molecule has 0 aliphatic rings. The van der Waals surface area contributed by atoms with Gasteiger partial charge in [-0.1, -0.05) is 42.8 Å². The Hall–Kier alpha value is -2.34. The fourth-order valence-corrected chi connectivity index (χ4v) is 0.939. The quantitative estimate of drug-likeness (QED) is 0.341. The molecule has 1 rings (SSSR count). The lowest BCUT2D eigenvalue weighted by molar-refractivity contribution is -0.134. The Kier molecular flexibility index (Phi) is 3.87. The van der Waals surface area contributed by atoms with Crippen LogP contribution < -0.4 is 5.32 Å². The van der Waals surface area contributed by atoms with Gasteiger partial charge in [-0.2, -0.15) is 0 Å². The summed E-state index contributed by atoms with van der Waals surface area (Å²) in [7, 11) is 0. The van der Waals surface area contributed by atoms with E-state index in [4.69, 9.17) is 6.42 Å². The first kappa shape index (κ1) is 10.7. The molecule has 3 heteroatoms. The van der Waals surface area contributed by atoms with Crippen molar-refractivity contribution in [2.45, 2.75) is 0 Å². The molecule has 0 aliphatic heterocycles. The number of hydrogen-bond donors (Lipinski definition) is 1. The lowest BCUT2D eigenvalue weighted by Crippen LogP contribution is -2.25. The SMILES string of the molecule is C#CNC(=O)C(=O)C=Cc1ccccc1. The van der Waals surface area contributed by atoms with Gasteiger partial charge in [-0.05, 0) is 11.6 Å². The average Bonchev–Trinajstić information content (AvgIpc) is 2.27. The highest BCUT2D eigenvalue weighted by atomic mass is 16.2. The van der Waals surface area contributed by atoms with E-state index in [0.29, 0.717) is 0 Å². The van der Waals surface area contributed by atoms with Crippen LogP contribution in [0.2, 0.25) is 0 Å². The van der Waals surface area contributed by atoms with E-state index in [-0.39, 0.29) is 0 Å². The minimum Gasteiger partial charge on any atom is -0.284 e. The number of terminal acetylenes is 1. The Labute approximate surface area is 87.8 Å². The van der Waals surface area contributed by atoms with Crippen molar-refractivity contribution >= 4 is 17.8 Å². The third-order valence-electron chi connectivity index (χ3n) is 1.64. The van der Waals surface area contributed by atoms with Crippen LogP contribution in [0.5, 0.6) is 0 Å². The number of ketones is 1. The second kappa shape index (κ2) is 5.40. The van der Waals surface area contributed by atoms with Crippen molar-refractivity contribution in [3.05, 3.63) is 42.0 Å². The van der Waals surface area contributed by atoms with Gasteiger partial charge in [0.2, 0.25) is 5.78 Å². The van der Waals surface area contributed by atoms with Gasteiger partial charge in [0.1, 0.15) is 0 Å². The molecule has 1 N–H and O–H groups in total. The van der Waals surface area contributed by atoms with E-state index in [0.717, 1.165) is 5.56 Å². The van der Waals surface area contributed by atoms with Crippen molar-refractivity contribution in [2.24, 2.45) is 0 Å². The highest BCUT2D eigenvalue weighted by Crippen LogP contribution is 2.00. The smallest absolute Gasteiger partial charge is 0.284 e. The second-order valence-electron chi connectivity index (χ2n) is 2.71. The van der Waals surface area contributed by atoms with Crippen LogP contribution in [0.3, 0.4) is 0 Å². The largest absolute Gasteiger partial charge is 0.303 e. The summed E-state index contributed by atoms with van der Waals surface area (Å²) in [6.45, 7) is 0. The molecule has 3 nitrogen and oxygen atoms in total. The fraction of sp³-hybridized carbons (Fsp3) is 0. The summed E-state index contributed by atoms with van der Waals surface area (Å²) in [4.78, 5) is 22.0. The molecule has 74 valence electrons. The highest BCUT2D eigenvalue weighted by molar-refractivity contribution is 6.41. The van der Waals surface area contributed by atoms with Crippen molar-refractivity contribution in [1.29, 1.82) is 0 Å². The predicted molar refractivity (Wildman–Crippen MR) is 57.5 cm³/mol. The molecule has 0 aromatic heterocycles. The molecule has 0 fully saturated rings. The van der Waals surface area contributed by atoms with E-state index in [1.807, 2.05) is 41.7 Å². The molecule has 1 aromatic rings. The molecule has 0 radical (unpaired) electrons. The summed E-state index contributed by atoms with van der Waals surface area (Å²) >= 11 is 0. The summed E-state index contributed by atoms with van der Waals surface area (Å²) in [5.41, 5.74) is 0.847. The van der Waals surface area contributed by atoms with Gasteiger partial charge in [0.25, 0.3) is 0 Å². The van der Waals surface area contributed by atoms with Gasteiger partial charge in [0.05, 0.1) is 0 Å². The first-order valence-corrected chi connectivity index (χ1v) is 4.27. The molecule has 0 bridgehead atoms. The van der Waals surface area contributed by atoms with Crippen LogP contribution in [-0.4, -0.2) is 11.7 Å². The zero-order valence-corrected chi connectivity index (χ0v) is 7.94. The first-order valence-electron chi connectivity index (χ1n) is 4.27. The maximum Gasteiger partial charge on any atom is 0.303 e. The van der Waals surface area contributed by atoms with E-state index in [1.54, 1.807) is 6.08 Å². The number of hydrogen-bond acceptors (Lipinski definition) is 2. The minimum atomic E-state index is -0.801. The Morgan fingerprint density at radius 2 is 1.93 bits per heavy atom. The van der Waals surface area contributed by atoms with Gasteiger partial charge in [-0.25, -0.2) is 0 Å². The molecule has 0 aliphatic carbocycles. The van der Waals surface area contributed by atoms with Crippen molar-refractivity contribution in [3.8, 4) is 12.5 Å². The second-order valence-corrected chi connectivity index (χ2v) is 2.71. The molecule has 0 heterocycles. The number of nitrogens with one attached hydrogen (secondary N) is 1. The van der Waals surface area contributed by atoms with Crippen molar-refractivity contribution in [1.82, 2.24) is 5.32 Å². The van der Waals surface area contributed by atoms with Gasteiger partial charge in [0.15, 0.2) is 0 Å². The molecular formula is C12H9NO2. The number of carbonyl (C=O) groups excluding carboxylic acids is 2. The zero-order chi connectivity index (χ0) is 11.1. The van der Waals surface area contributed by atoms with Crippen LogP contribution >= 0.6 is 0 Å². The molecule has 15 heavy (non-hydrogen) atoms. The predicted octanol–water partition coefficient (Wildman–Crippen LogP) is 0.976. The Morgan fingerprint density at radius 1 is 1.27 bits per heavy atom. The van der Waals surface area contributed by atoms with Gasteiger partial charge in [-0.3, -0.25) is 14.9 Å². The zero-order valence-electron chi connectivity index (χ0n) is 7.94. The number of amides is 1. The van der Waals surface area contributed by atoms with Crippen molar-refractivity contribution in [3.63, 3.8) is 0 Å². The maximum absolute atomic E-state index is 11.1. The van der Waals surface area contributed by atoms with Crippen LogP contribution in [0.1, 0.15) is 5.56 Å². The summed E-state index contributed by atoms with van der Waals surface area (Å²) in [6, 6.07) is 11.1. The molecule has 1 aromatic carbocycles. The summed E-state index contributed by atoms with van der Waals surface area (Å²) < 4.78 is 0. The summed E-state index contributed by atoms with van der Waals surface area (Å²) in [6.07, 6.45) is 7.55. The van der Waals surface area contributed by atoms with Crippen molar-refractivity contribution < 1.29 is 9.59 Å². The van der Waals surface area contributed by atoms with E-state index in [1.165, 1.54) is 6.08 Å². The average molecular weight is 199 g/mol. The Morgan fingerprint density at radius 3 is 2.53 bits per heavy atom. The van der Waals surface area contributed by atoms with E-state index in [9.17, 15) is 9.59 Å². The molecule has 0 unspecified atom stereocenters. The normalized spacial score (nSPS) is 9.53. The maximum atomic E-state index is 11.1. The van der Waals surface area contributed by atoms with Crippen LogP contribution in [-0.2, 0) is 9.59 Å². The van der Waals surface area contributed by atoms with E-state index in [2.05, 4.69) is 0 Å². The summed E-state index contributed by atoms with van der Waals surface area (Å²) in [5.74, 6) is -1.47. The monoisotopic (exact) mass is 199 g/mol. The Balaban J connectivity index is 2.64. The van der Waals surface area contributed by atoms with E-state index < -0.39 is 11.7 Å².